The van der Waals surface area contributed by atoms with Crippen LogP contribution in [0, 0.1) is 11.7 Å². The fourth-order valence-corrected chi connectivity index (χ4v) is 2.66. The molecule has 4 nitrogen and oxygen atoms in total. The fraction of sp³-hybridized carbons (Fsp3) is 0.500. The number of aryl methyl sites for hydroxylation is 1. The van der Waals surface area contributed by atoms with Gasteiger partial charge in [0.1, 0.15) is 12.4 Å². The zero-order valence-electron chi connectivity index (χ0n) is 12.9. The van der Waals surface area contributed by atoms with E-state index in [0.717, 1.165) is 5.56 Å². The molecule has 0 aromatic heterocycles. The van der Waals surface area contributed by atoms with E-state index in [1.54, 1.807) is 12.1 Å². The van der Waals surface area contributed by atoms with E-state index in [-0.39, 0.29) is 18.8 Å². The second-order valence-corrected chi connectivity index (χ2v) is 5.81. The molecule has 1 fully saturated rings. The number of carbonyl (C=O) groups excluding carboxylic acids is 2. The summed E-state index contributed by atoms with van der Waals surface area (Å²) in [5, 5.41) is 2.62. The first-order valence-corrected chi connectivity index (χ1v) is 7.61. The third kappa shape index (κ3) is 5.50. The molecule has 0 bridgehead atoms. The summed E-state index contributed by atoms with van der Waals surface area (Å²) in [7, 11) is 0. The molecule has 1 saturated heterocycles. The van der Waals surface area contributed by atoms with E-state index in [2.05, 4.69) is 5.32 Å². The third-order valence-corrected chi connectivity index (χ3v) is 3.79. The van der Waals surface area contributed by atoms with Crippen LogP contribution in [0.4, 0.5) is 17.6 Å². The van der Waals surface area contributed by atoms with Crippen molar-refractivity contribution in [2.45, 2.75) is 25.4 Å². The van der Waals surface area contributed by atoms with Crippen LogP contribution in [0.5, 0.6) is 0 Å². The summed E-state index contributed by atoms with van der Waals surface area (Å²) < 4.78 is 50.0. The molecule has 0 radical (unpaired) electrons. The summed E-state index contributed by atoms with van der Waals surface area (Å²) in [6.07, 6.45) is -3.53. The molecule has 2 rings (SSSR count). The van der Waals surface area contributed by atoms with Crippen LogP contribution in [0.3, 0.4) is 0 Å². The van der Waals surface area contributed by atoms with Gasteiger partial charge in [0, 0.05) is 19.5 Å². The highest BCUT2D eigenvalue weighted by Crippen LogP contribution is 2.23. The van der Waals surface area contributed by atoms with Gasteiger partial charge < -0.3 is 10.2 Å². The van der Waals surface area contributed by atoms with Crippen LogP contribution < -0.4 is 5.32 Å². The summed E-state index contributed by atoms with van der Waals surface area (Å²) >= 11 is 0. The third-order valence-electron chi connectivity index (χ3n) is 3.79. The lowest BCUT2D eigenvalue weighted by atomic mass is 10.1. The van der Waals surface area contributed by atoms with Gasteiger partial charge in [-0.3, -0.25) is 9.59 Å². The lowest BCUT2D eigenvalue weighted by Crippen LogP contribution is -2.37. The lowest BCUT2D eigenvalue weighted by molar-refractivity contribution is -0.157. The predicted octanol–water partition coefficient (Wildman–Crippen LogP) is 2.29. The molecule has 1 aliphatic rings. The average Bonchev–Trinajstić information content (AvgIpc) is 2.83. The Labute approximate surface area is 136 Å². The zero-order chi connectivity index (χ0) is 17.7. The van der Waals surface area contributed by atoms with Crippen molar-refractivity contribution in [3.05, 3.63) is 35.6 Å². The van der Waals surface area contributed by atoms with Gasteiger partial charge in [0.05, 0.1) is 5.92 Å². The highest BCUT2D eigenvalue weighted by molar-refractivity contribution is 5.89. The van der Waals surface area contributed by atoms with Gasteiger partial charge in [-0.2, -0.15) is 13.2 Å². The molecule has 0 aliphatic carbocycles. The van der Waals surface area contributed by atoms with Crippen LogP contribution in [0.15, 0.2) is 24.3 Å². The fourth-order valence-electron chi connectivity index (χ4n) is 2.66. The van der Waals surface area contributed by atoms with Gasteiger partial charge in [-0.05, 0) is 30.5 Å². The molecule has 1 atom stereocenters. The Bertz CT molecular complexity index is 604. The Hall–Kier alpha value is -2.12. The first-order valence-electron chi connectivity index (χ1n) is 7.61. The van der Waals surface area contributed by atoms with E-state index in [9.17, 15) is 27.2 Å². The number of hydrogen-bond donors (Lipinski definition) is 1. The molecule has 132 valence electrons. The second kappa shape index (κ2) is 7.63. The van der Waals surface area contributed by atoms with Gasteiger partial charge in [-0.1, -0.05) is 12.1 Å². The molecule has 1 heterocycles. The number of carbonyl (C=O) groups is 2. The number of rotatable bonds is 6. The summed E-state index contributed by atoms with van der Waals surface area (Å²) in [5.74, 6) is -2.17. The molecule has 0 saturated carbocycles. The standard InChI is InChI=1S/C16H18F4N2O2/c17-13-5-1-3-11(7-13)4-2-6-21-15(24)12-8-14(23)22(9-12)10-16(18,19)20/h1,3,5,7,12H,2,4,6,8-10H2,(H,21,24). The molecule has 1 aliphatic heterocycles. The van der Waals surface area contributed by atoms with Gasteiger partial charge in [0.15, 0.2) is 0 Å². The van der Waals surface area contributed by atoms with Crippen LogP contribution in [-0.4, -0.2) is 42.5 Å². The molecule has 1 unspecified atom stereocenters. The van der Waals surface area contributed by atoms with E-state index < -0.39 is 30.5 Å². The number of nitrogens with one attached hydrogen (secondary N) is 1. The molecular formula is C16H18F4N2O2. The Morgan fingerprint density at radius 1 is 1.33 bits per heavy atom. The van der Waals surface area contributed by atoms with E-state index in [4.69, 9.17) is 0 Å². The smallest absolute Gasteiger partial charge is 0.356 e. The van der Waals surface area contributed by atoms with Crippen molar-refractivity contribution < 1.29 is 27.2 Å². The molecule has 0 spiro atoms. The largest absolute Gasteiger partial charge is 0.406 e. The van der Waals surface area contributed by atoms with Crippen molar-refractivity contribution in [1.82, 2.24) is 10.2 Å². The Morgan fingerprint density at radius 2 is 2.08 bits per heavy atom. The average molecular weight is 346 g/mol. The van der Waals surface area contributed by atoms with Gasteiger partial charge in [-0.15, -0.1) is 0 Å². The number of nitrogens with zero attached hydrogens (tertiary/aromatic N) is 1. The van der Waals surface area contributed by atoms with Gasteiger partial charge in [-0.25, -0.2) is 4.39 Å². The molecule has 8 heteroatoms. The highest BCUT2D eigenvalue weighted by atomic mass is 19.4. The topological polar surface area (TPSA) is 49.4 Å². The van der Waals surface area contributed by atoms with Crippen LogP contribution in [0.1, 0.15) is 18.4 Å². The molecular weight excluding hydrogens is 328 g/mol. The van der Waals surface area contributed by atoms with E-state index in [1.165, 1.54) is 12.1 Å². The normalized spacial score (nSPS) is 18.1. The van der Waals surface area contributed by atoms with E-state index in [1.807, 2.05) is 0 Å². The summed E-state index contributed by atoms with van der Waals surface area (Å²) in [6.45, 7) is -1.22. The first-order chi connectivity index (χ1) is 11.2. The number of alkyl halides is 3. The first kappa shape index (κ1) is 18.2. The van der Waals surface area contributed by atoms with Gasteiger partial charge in [0.25, 0.3) is 0 Å². The maximum Gasteiger partial charge on any atom is 0.406 e. The summed E-state index contributed by atoms with van der Waals surface area (Å²) in [4.78, 5) is 24.1. The Kier molecular flexibility index (Phi) is 5.80. The van der Waals surface area contributed by atoms with Gasteiger partial charge >= 0.3 is 6.18 Å². The van der Waals surface area contributed by atoms with Crippen LogP contribution in [0.25, 0.3) is 0 Å². The van der Waals surface area contributed by atoms with Crippen LogP contribution in [-0.2, 0) is 16.0 Å². The quantitative estimate of drug-likeness (QED) is 0.635. The number of halogens is 4. The van der Waals surface area contributed by atoms with E-state index >= 15 is 0 Å². The van der Waals surface area contributed by atoms with Crippen molar-refractivity contribution >= 4 is 11.8 Å². The molecule has 1 aromatic carbocycles. The summed E-state index contributed by atoms with van der Waals surface area (Å²) in [5.41, 5.74) is 0.802. The lowest BCUT2D eigenvalue weighted by Gasteiger charge is -2.18. The minimum absolute atomic E-state index is 0.203. The van der Waals surface area contributed by atoms with Gasteiger partial charge in [0.2, 0.25) is 11.8 Å². The SMILES string of the molecule is O=C(NCCCc1cccc(F)c1)C1CC(=O)N(CC(F)(F)F)C1. The maximum absolute atomic E-state index is 13.0. The van der Waals surface area contributed by atoms with Crippen molar-refractivity contribution in [1.29, 1.82) is 0 Å². The van der Waals surface area contributed by atoms with Crippen LogP contribution >= 0.6 is 0 Å². The maximum atomic E-state index is 13.0. The monoisotopic (exact) mass is 346 g/mol. The van der Waals surface area contributed by atoms with Crippen molar-refractivity contribution in [3.63, 3.8) is 0 Å². The predicted molar refractivity (Wildman–Crippen MR) is 78.5 cm³/mol. The zero-order valence-corrected chi connectivity index (χ0v) is 12.9. The Balaban J connectivity index is 1.72. The van der Waals surface area contributed by atoms with E-state index in [0.29, 0.717) is 24.3 Å². The molecule has 1 aromatic rings. The van der Waals surface area contributed by atoms with Crippen LogP contribution in [0.2, 0.25) is 0 Å². The van der Waals surface area contributed by atoms with Crippen molar-refractivity contribution in [3.8, 4) is 0 Å². The number of benzene rings is 1. The summed E-state index contributed by atoms with van der Waals surface area (Å²) in [6, 6.07) is 6.12. The molecule has 2 amide bonds. The number of likely N-dealkylation sites (tertiary alicyclic amines) is 1. The minimum atomic E-state index is -4.47. The second-order valence-electron chi connectivity index (χ2n) is 5.81. The molecule has 24 heavy (non-hydrogen) atoms. The van der Waals surface area contributed by atoms with Crippen molar-refractivity contribution in [2.75, 3.05) is 19.6 Å². The highest BCUT2D eigenvalue weighted by Gasteiger charge is 2.40. The minimum Gasteiger partial charge on any atom is -0.356 e. The number of amides is 2. The van der Waals surface area contributed by atoms with Crippen molar-refractivity contribution in [2.24, 2.45) is 5.92 Å². The Morgan fingerprint density at radius 3 is 2.75 bits per heavy atom. The number of hydrogen-bond acceptors (Lipinski definition) is 2. The molecule has 1 N–H and O–H groups in total.